The van der Waals surface area contributed by atoms with Gasteiger partial charge in [-0.15, -0.1) is 0 Å². The topological polar surface area (TPSA) is 57.7 Å². The molecule has 0 saturated carbocycles. The van der Waals surface area contributed by atoms with Crippen LogP contribution in [0, 0.1) is 20.8 Å². The molecule has 1 amide bonds. The van der Waals surface area contributed by atoms with E-state index < -0.39 is 10.0 Å². The highest BCUT2D eigenvalue weighted by Crippen LogP contribution is 2.26. The Bertz CT molecular complexity index is 930. The molecule has 0 aliphatic carbocycles. The van der Waals surface area contributed by atoms with Gasteiger partial charge in [-0.2, -0.15) is 4.31 Å². The van der Waals surface area contributed by atoms with Crippen molar-refractivity contribution in [2.24, 2.45) is 0 Å². The predicted octanol–water partition coefficient (Wildman–Crippen LogP) is 4.45. The van der Waals surface area contributed by atoms with Gasteiger partial charge in [0.15, 0.2) is 0 Å². The summed E-state index contributed by atoms with van der Waals surface area (Å²) in [6, 6.07) is 13.0. The lowest BCUT2D eigenvalue weighted by Crippen LogP contribution is -2.46. The minimum atomic E-state index is -3.79. The summed E-state index contributed by atoms with van der Waals surface area (Å²) in [5, 5.41) is 0. The molecule has 0 aliphatic rings. The maximum atomic E-state index is 13.5. The zero-order valence-corrected chi connectivity index (χ0v) is 19.1. The van der Waals surface area contributed by atoms with Crippen LogP contribution in [-0.4, -0.2) is 37.8 Å². The van der Waals surface area contributed by atoms with Gasteiger partial charge in [-0.05, 0) is 64.3 Å². The quantitative estimate of drug-likeness (QED) is 0.639. The summed E-state index contributed by atoms with van der Waals surface area (Å²) in [7, 11) is -3.79. The van der Waals surface area contributed by atoms with Crippen molar-refractivity contribution in [2.75, 3.05) is 18.0 Å². The molecule has 29 heavy (non-hydrogen) atoms. The molecule has 0 aromatic heterocycles. The van der Waals surface area contributed by atoms with Gasteiger partial charge in [0.2, 0.25) is 15.9 Å². The van der Waals surface area contributed by atoms with Crippen LogP contribution >= 0.6 is 0 Å². The molecule has 158 valence electrons. The molecule has 2 aromatic carbocycles. The van der Waals surface area contributed by atoms with Gasteiger partial charge in [0.05, 0.1) is 11.4 Å². The largest absolute Gasteiger partial charge is 0.309 e. The Hall–Kier alpha value is -2.18. The Labute approximate surface area is 175 Å². The fraction of sp³-hybridized carbons (Fsp3) is 0.435. The molecule has 0 bridgehead atoms. The molecule has 0 unspecified atom stereocenters. The first-order chi connectivity index (χ1) is 13.6. The summed E-state index contributed by atoms with van der Waals surface area (Å²) in [6.45, 7) is 11.4. The average Bonchev–Trinajstić information content (AvgIpc) is 2.61. The molecule has 0 radical (unpaired) electrons. The van der Waals surface area contributed by atoms with Gasteiger partial charge in [0, 0.05) is 18.3 Å². The van der Waals surface area contributed by atoms with E-state index in [0.717, 1.165) is 11.3 Å². The molecule has 0 spiro atoms. The van der Waals surface area contributed by atoms with Crippen molar-refractivity contribution in [2.45, 2.75) is 58.9 Å². The highest BCUT2D eigenvalue weighted by molar-refractivity contribution is 7.89. The van der Waals surface area contributed by atoms with Gasteiger partial charge in [0.25, 0.3) is 0 Å². The lowest BCUT2D eigenvalue weighted by molar-refractivity contribution is -0.119. The second-order valence-corrected chi connectivity index (χ2v) is 9.63. The molecule has 2 rings (SSSR count). The van der Waals surface area contributed by atoms with Gasteiger partial charge in [-0.1, -0.05) is 42.8 Å². The fourth-order valence-electron chi connectivity index (χ4n) is 3.78. The summed E-state index contributed by atoms with van der Waals surface area (Å²) in [6.07, 6.45) is 0.628. The molecule has 0 N–H and O–H groups in total. The third-order valence-corrected chi connectivity index (χ3v) is 6.96. The number of carbonyl (C=O) groups is 1. The van der Waals surface area contributed by atoms with Gasteiger partial charge in [-0.25, -0.2) is 8.42 Å². The molecule has 2 aromatic rings. The summed E-state index contributed by atoms with van der Waals surface area (Å²) in [5.74, 6) is -0.231. The number of hydrogen-bond acceptors (Lipinski definition) is 3. The predicted molar refractivity (Wildman–Crippen MR) is 119 cm³/mol. The minimum absolute atomic E-state index is 0.0843. The van der Waals surface area contributed by atoms with E-state index in [4.69, 9.17) is 0 Å². The van der Waals surface area contributed by atoms with Crippen LogP contribution < -0.4 is 4.90 Å². The number of nitrogens with zero attached hydrogens (tertiary/aromatic N) is 2. The van der Waals surface area contributed by atoms with Crippen molar-refractivity contribution in [3.8, 4) is 0 Å². The van der Waals surface area contributed by atoms with Crippen LogP contribution in [0.15, 0.2) is 47.4 Å². The number of benzene rings is 2. The second kappa shape index (κ2) is 9.55. The van der Waals surface area contributed by atoms with Crippen LogP contribution in [0.2, 0.25) is 0 Å². The lowest BCUT2D eigenvalue weighted by Gasteiger charge is -2.30. The van der Waals surface area contributed by atoms with Crippen LogP contribution in [0.3, 0.4) is 0 Å². The van der Waals surface area contributed by atoms with Crippen LogP contribution in [0.1, 0.15) is 43.9 Å². The number of carbonyl (C=O) groups excluding carboxylic acids is 1. The third kappa shape index (κ3) is 5.25. The minimum Gasteiger partial charge on any atom is -0.309 e. The maximum Gasteiger partial charge on any atom is 0.244 e. The van der Waals surface area contributed by atoms with E-state index in [2.05, 4.69) is 0 Å². The molecule has 6 heteroatoms. The molecular weight excluding hydrogens is 384 g/mol. The number of para-hydroxylation sites is 1. The summed E-state index contributed by atoms with van der Waals surface area (Å²) in [5.41, 5.74) is 3.20. The molecule has 0 aliphatic heterocycles. The first kappa shape index (κ1) is 23.1. The Morgan fingerprint density at radius 2 is 1.55 bits per heavy atom. The SMILES string of the molecule is CCCN(CC(=O)N(c1ccccc1)C(C)C)S(=O)(=O)c1c(C)cc(C)cc1C. The normalized spacial score (nSPS) is 11.9. The summed E-state index contributed by atoms with van der Waals surface area (Å²) >= 11 is 0. The third-order valence-electron chi connectivity index (χ3n) is 4.81. The number of aryl methyl sites for hydroxylation is 3. The average molecular weight is 417 g/mol. The monoisotopic (exact) mass is 416 g/mol. The molecule has 0 saturated heterocycles. The first-order valence-corrected chi connectivity index (χ1v) is 11.5. The Balaban J connectivity index is 2.42. The lowest BCUT2D eigenvalue weighted by atomic mass is 10.1. The van der Waals surface area contributed by atoms with E-state index in [1.165, 1.54) is 4.31 Å². The molecule has 5 nitrogen and oxygen atoms in total. The van der Waals surface area contributed by atoms with Gasteiger partial charge < -0.3 is 4.90 Å². The van der Waals surface area contributed by atoms with Crippen molar-refractivity contribution >= 4 is 21.6 Å². The highest BCUT2D eigenvalue weighted by Gasteiger charge is 2.31. The number of rotatable bonds is 8. The van der Waals surface area contributed by atoms with Crippen LogP contribution in [0.25, 0.3) is 0 Å². The van der Waals surface area contributed by atoms with Crippen LogP contribution in [0.5, 0.6) is 0 Å². The first-order valence-electron chi connectivity index (χ1n) is 10.0. The number of hydrogen-bond donors (Lipinski definition) is 0. The van der Waals surface area contributed by atoms with E-state index >= 15 is 0 Å². The van der Waals surface area contributed by atoms with E-state index in [0.29, 0.717) is 29.0 Å². The summed E-state index contributed by atoms with van der Waals surface area (Å²) < 4.78 is 28.3. The fourth-order valence-corrected chi connectivity index (χ4v) is 5.68. The van der Waals surface area contributed by atoms with Gasteiger partial charge >= 0.3 is 0 Å². The van der Waals surface area contributed by atoms with Gasteiger partial charge in [0.1, 0.15) is 0 Å². The maximum absolute atomic E-state index is 13.5. The van der Waals surface area contributed by atoms with Crippen molar-refractivity contribution in [3.05, 3.63) is 59.2 Å². The number of anilines is 1. The molecule has 0 heterocycles. The van der Waals surface area contributed by atoms with Crippen LogP contribution in [-0.2, 0) is 14.8 Å². The van der Waals surface area contributed by atoms with Crippen molar-refractivity contribution in [1.82, 2.24) is 4.31 Å². The van der Waals surface area contributed by atoms with Crippen molar-refractivity contribution < 1.29 is 13.2 Å². The second-order valence-electron chi connectivity index (χ2n) is 7.76. The number of sulfonamides is 1. The molecule has 0 fully saturated rings. The van der Waals surface area contributed by atoms with E-state index in [-0.39, 0.29) is 18.5 Å². The van der Waals surface area contributed by atoms with E-state index in [1.54, 1.807) is 4.90 Å². The molecule has 0 atom stereocenters. The van der Waals surface area contributed by atoms with Gasteiger partial charge in [-0.3, -0.25) is 4.79 Å². The Morgan fingerprint density at radius 3 is 2.03 bits per heavy atom. The zero-order valence-electron chi connectivity index (χ0n) is 18.3. The molecular formula is C23H32N2O3S. The van der Waals surface area contributed by atoms with E-state index in [1.807, 2.05) is 84.0 Å². The standard InChI is InChI=1S/C23H32N2O3S/c1-7-13-24(29(27,28)23-19(5)14-18(4)15-20(23)6)16-22(26)25(17(2)3)21-11-9-8-10-12-21/h8-12,14-15,17H,7,13,16H2,1-6H3. The Kier molecular flexibility index (Phi) is 7.60. The highest BCUT2D eigenvalue weighted by atomic mass is 32.2. The zero-order chi connectivity index (χ0) is 21.8. The smallest absolute Gasteiger partial charge is 0.244 e. The van der Waals surface area contributed by atoms with Crippen molar-refractivity contribution in [3.63, 3.8) is 0 Å². The van der Waals surface area contributed by atoms with Crippen molar-refractivity contribution in [1.29, 1.82) is 0 Å². The number of amides is 1. The summed E-state index contributed by atoms with van der Waals surface area (Å²) in [4.78, 5) is 15.2. The van der Waals surface area contributed by atoms with Crippen LogP contribution in [0.4, 0.5) is 5.69 Å². The Morgan fingerprint density at radius 1 is 1.00 bits per heavy atom. The van der Waals surface area contributed by atoms with E-state index in [9.17, 15) is 13.2 Å².